The standard InChI is InChI=1S/C20H15F2N5O4S/c1-23-32-26-14-6-2-4-11(17(14)22)10-27-19(28)12-9-25-16(8-15(12)30-20(27)29)31-18-13(21)5-3-7-24-18/h2-9,23,26H,10H2,1H3. The van der Waals surface area contributed by atoms with Gasteiger partial charge in [0.05, 0.1) is 12.2 Å². The Morgan fingerprint density at radius 2 is 2.03 bits per heavy atom. The van der Waals surface area contributed by atoms with Crippen molar-refractivity contribution in [3.63, 3.8) is 0 Å². The minimum atomic E-state index is -0.994. The van der Waals surface area contributed by atoms with Gasteiger partial charge in [-0.05, 0) is 25.2 Å². The van der Waals surface area contributed by atoms with Gasteiger partial charge in [-0.3, -0.25) is 4.79 Å². The van der Waals surface area contributed by atoms with Crippen LogP contribution in [0.4, 0.5) is 14.5 Å². The summed E-state index contributed by atoms with van der Waals surface area (Å²) in [5.74, 6) is -2.76. The van der Waals surface area contributed by atoms with Gasteiger partial charge in [-0.1, -0.05) is 12.1 Å². The molecule has 3 heterocycles. The zero-order chi connectivity index (χ0) is 22.7. The molecule has 0 aliphatic carbocycles. The van der Waals surface area contributed by atoms with Crippen LogP contribution in [0, 0.1) is 11.6 Å². The summed E-state index contributed by atoms with van der Waals surface area (Å²) in [6, 6.07) is 8.29. The molecule has 9 nitrogen and oxygen atoms in total. The fourth-order valence-electron chi connectivity index (χ4n) is 2.84. The van der Waals surface area contributed by atoms with E-state index in [4.69, 9.17) is 9.15 Å². The Labute approximate surface area is 183 Å². The van der Waals surface area contributed by atoms with Gasteiger partial charge in [0.15, 0.2) is 17.2 Å². The maximum Gasteiger partial charge on any atom is 0.422 e. The van der Waals surface area contributed by atoms with Crippen molar-refractivity contribution in [3.8, 4) is 11.8 Å². The van der Waals surface area contributed by atoms with Gasteiger partial charge in [0.2, 0.25) is 5.88 Å². The van der Waals surface area contributed by atoms with E-state index in [0.717, 1.165) is 29.0 Å². The molecule has 4 rings (SSSR count). The van der Waals surface area contributed by atoms with Crippen LogP contribution in [-0.2, 0) is 6.54 Å². The Bertz CT molecular complexity index is 1410. The van der Waals surface area contributed by atoms with Crippen molar-refractivity contribution in [2.24, 2.45) is 0 Å². The molecule has 12 heteroatoms. The average Bonchev–Trinajstić information content (AvgIpc) is 2.78. The third-order valence-corrected chi connectivity index (χ3v) is 4.86. The summed E-state index contributed by atoms with van der Waals surface area (Å²) in [7, 11) is 1.66. The fourth-order valence-corrected chi connectivity index (χ4v) is 3.21. The molecular weight excluding hydrogens is 444 g/mol. The smallest absolute Gasteiger partial charge is 0.417 e. The van der Waals surface area contributed by atoms with Gasteiger partial charge in [-0.25, -0.2) is 32.8 Å². The molecule has 0 saturated carbocycles. The van der Waals surface area contributed by atoms with Gasteiger partial charge >= 0.3 is 5.76 Å². The number of anilines is 1. The van der Waals surface area contributed by atoms with Crippen LogP contribution in [0.15, 0.2) is 62.8 Å². The van der Waals surface area contributed by atoms with Gasteiger partial charge in [0.1, 0.15) is 5.39 Å². The molecule has 0 unspecified atom stereocenters. The average molecular weight is 459 g/mol. The molecule has 0 saturated heterocycles. The summed E-state index contributed by atoms with van der Waals surface area (Å²) in [6.45, 7) is -0.347. The molecule has 0 aliphatic heterocycles. The van der Waals surface area contributed by atoms with E-state index in [1.54, 1.807) is 13.1 Å². The normalized spacial score (nSPS) is 11.0. The number of nitrogens with zero attached hydrogens (tertiary/aromatic N) is 3. The van der Waals surface area contributed by atoms with Crippen molar-refractivity contribution in [2.75, 3.05) is 11.8 Å². The lowest BCUT2D eigenvalue weighted by molar-refractivity contribution is 0.407. The third-order valence-electron chi connectivity index (χ3n) is 4.33. The van der Waals surface area contributed by atoms with E-state index in [-0.39, 0.29) is 40.5 Å². The minimum Gasteiger partial charge on any atom is -0.417 e. The quantitative estimate of drug-likeness (QED) is 0.403. The number of benzene rings is 1. The number of pyridine rings is 2. The molecule has 4 aromatic rings. The number of hydrogen-bond acceptors (Lipinski definition) is 9. The highest BCUT2D eigenvalue weighted by atomic mass is 32.2. The van der Waals surface area contributed by atoms with Crippen molar-refractivity contribution in [2.45, 2.75) is 6.54 Å². The maximum absolute atomic E-state index is 14.7. The minimum absolute atomic E-state index is 0.0288. The molecule has 32 heavy (non-hydrogen) atoms. The SMILES string of the molecule is CNSNc1cccc(Cn2c(=O)oc3cc(Oc4ncccc4F)ncc3c2=O)c1F. The molecule has 0 aliphatic rings. The second kappa shape index (κ2) is 9.16. The number of halogens is 2. The van der Waals surface area contributed by atoms with Gasteiger partial charge in [0.25, 0.3) is 11.4 Å². The molecule has 0 bridgehead atoms. The van der Waals surface area contributed by atoms with Crippen LogP contribution < -0.4 is 25.5 Å². The lowest BCUT2D eigenvalue weighted by atomic mass is 10.2. The molecule has 0 amide bonds. The van der Waals surface area contributed by atoms with Crippen LogP contribution >= 0.6 is 12.1 Å². The summed E-state index contributed by atoms with van der Waals surface area (Å²) in [6.07, 6.45) is 2.46. The number of aromatic nitrogens is 3. The van der Waals surface area contributed by atoms with Crippen LogP contribution in [-0.4, -0.2) is 21.6 Å². The van der Waals surface area contributed by atoms with Gasteiger partial charge in [0, 0.05) is 36.2 Å². The Hall–Kier alpha value is -3.77. The second-order valence-electron chi connectivity index (χ2n) is 6.36. The van der Waals surface area contributed by atoms with Crippen molar-refractivity contribution in [3.05, 3.63) is 86.9 Å². The highest BCUT2D eigenvalue weighted by Crippen LogP contribution is 2.23. The largest absolute Gasteiger partial charge is 0.422 e. The monoisotopic (exact) mass is 459 g/mol. The number of rotatable bonds is 7. The van der Waals surface area contributed by atoms with Gasteiger partial charge in [-0.2, -0.15) is 0 Å². The first-order valence-corrected chi connectivity index (χ1v) is 9.97. The Balaban J connectivity index is 1.68. The number of fused-ring (bicyclic) bond motifs is 1. The van der Waals surface area contributed by atoms with Gasteiger partial charge < -0.3 is 13.9 Å². The Morgan fingerprint density at radius 1 is 1.19 bits per heavy atom. The van der Waals surface area contributed by atoms with E-state index in [1.807, 2.05) is 0 Å². The van der Waals surface area contributed by atoms with E-state index in [1.165, 1.54) is 30.5 Å². The van der Waals surface area contributed by atoms with Crippen molar-refractivity contribution < 1.29 is 17.9 Å². The first-order chi connectivity index (χ1) is 15.5. The highest BCUT2D eigenvalue weighted by Gasteiger charge is 2.16. The van der Waals surface area contributed by atoms with Gasteiger partial charge in [-0.15, -0.1) is 0 Å². The predicted octanol–water partition coefficient (Wildman–Crippen LogP) is 3.06. The zero-order valence-corrected chi connectivity index (χ0v) is 17.3. The second-order valence-corrected chi connectivity index (χ2v) is 7.17. The molecule has 0 fully saturated rings. The molecule has 0 atom stereocenters. The van der Waals surface area contributed by atoms with Crippen molar-refractivity contribution >= 4 is 28.8 Å². The zero-order valence-electron chi connectivity index (χ0n) is 16.5. The third kappa shape index (κ3) is 4.31. The lowest BCUT2D eigenvalue weighted by Crippen LogP contribution is -2.33. The van der Waals surface area contributed by atoms with Crippen molar-refractivity contribution in [1.29, 1.82) is 0 Å². The molecule has 0 radical (unpaired) electrons. The molecule has 1 aromatic carbocycles. The molecule has 164 valence electrons. The summed E-state index contributed by atoms with van der Waals surface area (Å²) in [4.78, 5) is 33.0. The summed E-state index contributed by atoms with van der Waals surface area (Å²) in [5, 5.41) is -0.0288. The van der Waals surface area contributed by atoms with Crippen LogP contribution in [0.25, 0.3) is 11.0 Å². The molecule has 2 N–H and O–H groups in total. The molecule has 3 aromatic heterocycles. The Kier molecular flexibility index (Phi) is 6.14. The summed E-state index contributed by atoms with van der Waals surface area (Å²) in [5.41, 5.74) is -0.537. The molecular formula is C20H15F2N5O4S. The fraction of sp³-hybridized carbons (Fsp3) is 0.100. The van der Waals surface area contributed by atoms with Crippen LogP contribution in [0.3, 0.4) is 0 Å². The lowest BCUT2D eigenvalue weighted by Gasteiger charge is -2.11. The van der Waals surface area contributed by atoms with Crippen LogP contribution in [0.2, 0.25) is 0 Å². The van der Waals surface area contributed by atoms with E-state index < -0.39 is 22.9 Å². The Morgan fingerprint density at radius 3 is 2.81 bits per heavy atom. The summed E-state index contributed by atoms with van der Waals surface area (Å²) >= 11 is 1.06. The van der Waals surface area contributed by atoms with Crippen LogP contribution in [0.1, 0.15) is 5.56 Å². The molecule has 0 spiro atoms. The first-order valence-electron chi connectivity index (χ1n) is 9.16. The topological polar surface area (TPSA) is 111 Å². The number of ether oxygens (including phenoxy) is 1. The van der Waals surface area contributed by atoms with E-state index in [2.05, 4.69) is 19.4 Å². The predicted molar refractivity (Wildman–Crippen MR) is 115 cm³/mol. The summed E-state index contributed by atoms with van der Waals surface area (Å²) < 4.78 is 45.2. The maximum atomic E-state index is 14.7. The van der Waals surface area contributed by atoms with E-state index in [9.17, 15) is 18.4 Å². The van der Waals surface area contributed by atoms with Crippen molar-refractivity contribution in [1.82, 2.24) is 19.3 Å². The number of nitrogens with one attached hydrogen (secondary N) is 2. The van der Waals surface area contributed by atoms with E-state index >= 15 is 0 Å². The highest BCUT2D eigenvalue weighted by molar-refractivity contribution is 7.98. The number of hydrogen-bond donors (Lipinski definition) is 2. The van der Waals surface area contributed by atoms with E-state index in [0.29, 0.717) is 0 Å². The van der Waals surface area contributed by atoms with Crippen LogP contribution in [0.5, 0.6) is 11.8 Å². The first kappa shape index (κ1) is 21.5.